The van der Waals surface area contributed by atoms with Gasteiger partial charge in [-0.1, -0.05) is 19.9 Å². The number of carboxylic acids is 1. The topological polar surface area (TPSA) is 51.5 Å². The number of carboxylic acid groups (broad SMARTS) is 1. The van der Waals surface area contributed by atoms with Crippen molar-refractivity contribution in [2.45, 2.75) is 27.3 Å². The molecule has 0 bridgehead atoms. The standard InChI is InChI=1S/C15H19NO3/c1-4-16-12-6-5-7-14(19-9-10(2)3)11(12)8-13(16)15(17)18/h5-8,10H,4,9H2,1-3H3,(H,17,18). The van der Waals surface area contributed by atoms with E-state index in [-0.39, 0.29) is 0 Å². The molecular formula is C15H19NO3. The van der Waals surface area contributed by atoms with Crippen molar-refractivity contribution in [2.75, 3.05) is 6.61 Å². The van der Waals surface area contributed by atoms with Crippen LogP contribution in [0.2, 0.25) is 0 Å². The van der Waals surface area contributed by atoms with Crippen molar-refractivity contribution in [3.63, 3.8) is 0 Å². The Hall–Kier alpha value is -1.97. The van der Waals surface area contributed by atoms with E-state index in [4.69, 9.17) is 4.74 Å². The molecule has 2 aromatic rings. The number of hydrogen-bond donors (Lipinski definition) is 1. The summed E-state index contributed by atoms with van der Waals surface area (Å²) in [6.45, 7) is 7.35. The lowest BCUT2D eigenvalue weighted by Gasteiger charge is -2.10. The molecule has 0 amide bonds. The number of aryl methyl sites for hydroxylation is 1. The molecule has 1 aromatic carbocycles. The Morgan fingerprint density at radius 1 is 1.42 bits per heavy atom. The minimum absolute atomic E-state index is 0.304. The molecule has 2 rings (SSSR count). The van der Waals surface area contributed by atoms with Crippen molar-refractivity contribution in [1.29, 1.82) is 0 Å². The first-order valence-electron chi connectivity index (χ1n) is 6.53. The largest absolute Gasteiger partial charge is 0.493 e. The number of aromatic carboxylic acids is 1. The summed E-state index contributed by atoms with van der Waals surface area (Å²) >= 11 is 0. The molecule has 0 aliphatic heterocycles. The first kappa shape index (κ1) is 13.5. The Kier molecular flexibility index (Phi) is 3.79. The van der Waals surface area contributed by atoms with Gasteiger partial charge in [-0.25, -0.2) is 4.79 Å². The third-order valence-corrected chi connectivity index (χ3v) is 3.01. The van der Waals surface area contributed by atoms with Gasteiger partial charge < -0.3 is 14.4 Å². The van der Waals surface area contributed by atoms with E-state index in [1.165, 1.54) is 0 Å². The lowest BCUT2D eigenvalue weighted by Crippen LogP contribution is -2.06. The summed E-state index contributed by atoms with van der Waals surface area (Å²) in [7, 11) is 0. The molecular weight excluding hydrogens is 242 g/mol. The number of hydrogen-bond acceptors (Lipinski definition) is 2. The molecule has 0 saturated carbocycles. The van der Waals surface area contributed by atoms with Crippen LogP contribution in [0.4, 0.5) is 0 Å². The Morgan fingerprint density at radius 2 is 2.16 bits per heavy atom. The highest BCUT2D eigenvalue weighted by Crippen LogP contribution is 2.29. The fourth-order valence-electron chi connectivity index (χ4n) is 2.16. The van der Waals surface area contributed by atoms with Gasteiger partial charge in [0.1, 0.15) is 11.4 Å². The van der Waals surface area contributed by atoms with E-state index in [9.17, 15) is 9.90 Å². The molecule has 0 radical (unpaired) electrons. The van der Waals surface area contributed by atoms with Crippen molar-refractivity contribution >= 4 is 16.9 Å². The summed E-state index contributed by atoms with van der Waals surface area (Å²) in [5.74, 6) is 0.274. The summed E-state index contributed by atoms with van der Waals surface area (Å²) in [5, 5.41) is 10.1. The number of nitrogens with zero attached hydrogens (tertiary/aromatic N) is 1. The second-order valence-corrected chi connectivity index (χ2v) is 4.97. The zero-order valence-corrected chi connectivity index (χ0v) is 11.5. The minimum Gasteiger partial charge on any atom is -0.493 e. The van der Waals surface area contributed by atoms with Crippen molar-refractivity contribution in [1.82, 2.24) is 4.57 Å². The molecule has 0 aliphatic rings. The van der Waals surface area contributed by atoms with Crippen molar-refractivity contribution in [2.24, 2.45) is 5.92 Å². The number of benzene rings is 1. The van der Waals surface area contributed by atoms with Crippen LogP contribution in [-0.2, 0) is 6.54 Å². The summed E-state index contributed by atoms with van der Waals surface area (Å²) in [4.78, 5) is 11.3. The monoisotopic (exact) mass is 261 g/mol. The summed E-state index contributed by atoms with van der Waals surface area (Å²) in [6, 6.07) is 7.40. The molecule has 4 heteroatoms. The van der Waals surface area contributed by atoms with Crippen LogP contribution < -0.4 is 4.74 Å². The average molecular weight is 261 g/mol. The van der Waals surface area contributed by atoms with Crippen molar-refractivity contribution in [3.05, 3.63) is 30.0 Å². The fourth-order valence-corrected chi connectivity index (χ4v) is 2.16. The Bertz CT molecular complexity index is 599. The highest BCUT2D eigenvalue weighted by molar-refractivity contribution is 5.97. The zero-order chi connectivity index (χ0) is 14.0. The number of ether oxygens (including phenoxy) is 1. The van der Waals surface area contributed by atoms with E-state index in [1.54, 1.807) is 10.6 Å². The average Bonchev–Trinajstić information content (AvgIpc) is 2.75. The summed E-state index contributed by atoms with van der Waals surface area (Å²) in [6.07, 6.45) is 0. The van der Waals surface area contributed by atoms with Gasteiger partial charge in [0, 0.05) is 11.9 Å². The van der Waals surface area contributed by atoms with Gasteiger partial charge in [0.2, 0.25) is 0 Å². The van der Waals surface area contributed by atoms with Crippen LogP contribution in [0.1, 0.15) is 31.3 Å². The highest BCUT2D eigenvalue weighted by Gasteiger charge is 2.16. The van der Waals surface area contributed by atoms with Gasteiger partial charge in [0.25, 0.3) is 0 Å². The molecule has 19 heavy (non-hydrogen) atoms. The van der Waals surface area contributed by atoms with Crippen LogP contribution in [0.5, 0.6) is 5.75 Å². The third kappa shape index (κ3) is 2.57. The smallest absolute Gasteiger partial charge is 0.352 e. The minimum atomic E-state index is -0.909. The van der Waals surface area contributed by atoms with E-state index in [0.29, 0.717) is 24.8 Å². The molecule has 0 aliphatic carbocycles. The highest BCUT2D eigenvalue weighted by atomic mass is 16.5. The molecule has 1 heterocycles. The Balaban J connectivity index is 2.53. The SMILES string of the molecule is CCn1c(C(=O)O)cc2c(OCC(C)C)cccc21. The number of rotatable bonds is 5. The summed E-state index contributed by atoms with van der Waals surface area (Å²) < 4.78 is 7.56. The van der Waals surface area contributed by atoms with Gasteiger partial charge in [-0.15, -0.1) is 0 Å². The van der Waals surface area contributed by atoms with Gasteiger partial charge >= 0.3 is 5.97 Å². The normalized spacial score (nSPS) is 11.2. The zero-order valence-electron chi connectivity index (χ0n) is 11.5. The van der Waals surface area contributed by atoms with Crippen LogP contribution in [-0.4, -0.2) is 22.2 Å². The van der Waals surface area contributed by atoms with Crippen LogP contribution in [0.15, 0.2) is 24.3 Å². The second-order valence-electron chi connectivity index (χ2n) is 4.97. The van der Waals surface area contributed by atoms with E-state index >= 15 is 0 Å². The van der Waals surface area contributed by atoms with Gasteiger partial charge in [-0.2, -0.15) is 0 Å². The summed E-state index contributed by atoms with van der Waals surface area (Å²) in [5.41, 5.74) is 1.21. The number of aromatic nitrogens is 1. The van der Waals surface area contributed by atoms with E-state index in [1.807, 2.05) is 25.1 Å². The van der Waals surface area contributed by atoms with Gasteiger partial charge in [0.15, 0.2) is 0 Å². The maximum absolute atomic E-state index is 11.3. The molecule has 0 spiro atoms. The molecule has 1 aromatic heterocycles. The second kappa shape index (κ2) is 5.34. The van der Waals surface area contributed by atoms with Gasteiger partial charge in [-0.05, 0) is 31.0 Å². The van der Waals surface area contributed by atoms with E-state index in [2.05, 4.69) is 13.8 Å². The Labute approximate surface area is 112 Å². The molecule has 0 atom stereocenters. The molecule has 102 valence electrons. The van der Waals surface area contributed by atoms with E-state index < -0.39 is 5.97 Å². The van der Waals surface area contributed by atoms with Crippen LogP contribution in [0.3, 0.4) is 0 Å². The van der Waals surface area contributed by atoms with Crippen LogP contribution >= 0.6 is 0 Å². The first-order chi connectivity index (χ1) is 9.04. The lowest BCUT2D eigenvalue weighted by atomic mass is 10.2. The van der Waals surface area contributed by atoms with E-state index in [0.717, 1.165) is 16.7 Å². The van der Waals surface area contributed by atoms with Gasteiger partial charge in [-0.3, -0.25) is 0 Å². The molecule has 4 nitrogen and oxygen atoms in total. The van der Waals surface area contributed by atoms with Gasteiger partial charge in [0.05, 0.1) is 12.1 Å². The molecule has 0 fully saturated rings. The third-order valence-electron chi connectivity index (χ3n) is 3.01. The Morgan fingerprint density at radius 3 is 2.74 bits per heavy atom. The maximum atomic E-state index is 11.3. The maximum Gasteiger partial charge on any atom is 0.352 e. The number of fused-ring (bicyclic) bond motifs is 1. The van der Waals surface area contributed by atoms with Crippen molar-refractivity contribution < 1.29 is 14.6 Å². The van der Waals surface area contributed by atoms with Crippen LogP contribution in [0, 0.1) is 5.92 Å². The van der Waals surface area contributed by atoms with Crippen molar-refractivity contribution in [3.8, 4) is 5.75 Å². The molecule has 0 saturated heterocycles. The first-order valence-corrected chi connectivity index (χ1v) is 6.53. The quantitative estimate of drug-likeness (QED) is 0.897. The molecule has 0 unspecified atom stereocenters. The predicted molar refractivity (Wildman–Crippen MR) is 74.9 cm³/mol. The van der Waals surface area contributed by atoms with Crippen LogP contribution in [0.25, 0.3) is 10.9 Å². The predicted octanol–water partition coefficient (Wildman–Crippen LogP) is 3.39. The lowest BCUT2D eigenvalue weighted by molar-refractivity contribution is 0.0686. The molecule has 1 N–H and O–H groups in total. The fraction of sp³-hybridized carbons (Fsp3) is 0.400. The number of carbonyl (C=O) groups is 1.